The van der Waals surface area contributed by atoms with Crippen molar-refractivity contribution < 1.29 is 9.90 Å². The number of halogens is 1. The second kappa shape index (κ2) is 9.46. The molecule has 2 aromatic carbocycles. The highest BCUT2D eigenvalue weighted by Crippen LogP contribution is 2.46. The van der Waals surface area contributed by atoms with Gasteiger partial charge >= 0.3 is 6.03 Å². The molecule has 0 aliphatic carbocycles. The molecule has 1 aliphatic rings. The highest BCUT2D eigenvalue weighted by Gasteiger charge is 2.40. The molecule has 0 radical (unpaired) electrons. The summed E-state index contributed by atoms with van der Waals surface area (Å²) in [5.74, 6) is 2.84. The number of piperidine rings is 1. The number of carbonyl (C=O) groups excluding carboxylic acids is 1. The summed E-state index contributed by atoms with van der Waals surface area (Å²) in [7, 11) is 0. The smallest absolute Gasteiger partial charge is 0.317 e. The van der Waals surface area contributed by atoms with Crippen LogP contribution < -0.4 is 5.32 Å². The number of nitrogens with zero attached hydrogens (tertiary/aromatic N) is 2. The predicted molar refractivity (Wildman–Crippen MR) is 131 cm³/mol. The van der Waals surface area contributed by atoms with E-state index in [1.807, 2.05) is 41.3 Å². The van der Waals surface area contributed by atoms with Gasteiger partial charge in [-0.2, -0.15) is 5.10 Å². The molecule has 1 atom stereocenters. The number of carbonyl (C=O) groups is 1. The molecule has 7 heteroatoms. The molecule has 1 saturated heterocycles. The van der Waals surface area contributed by atoms with E-state index in [2.05, 4.69) is 35.3 Å². The molecule has 0 spiro atoms. The van der Waals surface area contributed by atoms with E-state index in [4.69, 9.17) is 18.0 Å². The number of terminal acetylenes is 1. The third-order valence-corrected chi connectivity index (χ3v) is 7.16. The molecule has 172 valence electrons. The molecule has 3 N–H and O–H groups in total. The Balaban J connectivity index is 1.36. The minimum absolute atomic E-state index is 0.0677. The molecule has 3 aromatic rings. The van der Waals surface area contributed by atoms with Crippen molar-refractivity contribution in [2.45, 2.75) is 39.3 Å². The third kappa shape index (κ3) is 4.85. The van der Waals surface area contributed by atoms with Crippen molar-refractivity contribution in [2.75, 3.05) is 13.1 Å². The fourth-order valence-electron chi connectivity index (χ4n) is 4.72. The highest BCUT2D eigenvalue weighted by atomic mass is 35.5. The first-order valence-electron chi connectivity index (χ1n) is 11.2. The van der Waals surface area contributed by atoms with Gasteiger partial charge in [0.2, 0.25) is 0 Å². The molecule has 0 unspecified atom stereocenters. The van der Waals surface area contributed by atoms with Crippen molar-refractivity contribution in [1.82, 2.24) is 20.4 Å². The monoisotopic (exact) mass is 464 g/mol. The fourth-order valence-corrected chi connectivity index (χ4v) is 4.96. The number of urea groups is 1. The Morgan fingerprint density at radius 2 is 2.03 bits per heavy atom. The van der Waals surface area contributed by atoms with Crippen molar-refractivity contribution in [3.63, 3.8) is 0 Å². The largest absolute Gasteiger partial charge is 0.388 e. The van der Waals surface area contributed by atoms with Crippen molar-refractivity contribution in [1.29, 1.82) is 0 Å². The number of aromatic nitrogens is 2. The fraction of sp³-hybridized carbons (Fsp3) is 0.385. The van der Waals surface area contributed by atoms with Crippen LogP contribution in [-0.2, 0) is 6.54 Å². The number of aliphatic hydroxyl groups excluding tert-OH is 1. The molecular formula is C26H29ClN4O2. The number of aliphatic hydroxyl groups is 1. The van der Waals surface area contributed by atoms with Crippen molar-refractivity contribution in [3.8, 4) is 12.3 Å². The predicted octanol–water partition coefficient (Wildman–Crippen LogP) is 4.88. The van der Waals surface area contributed by atoms with Gasteiger partial charge in [-0.05, 0) is 54.0 Å². The van der Waals surface area contributed by atoms with E-state index in [9.17, 15) is 9.90 Å². The Morgan fingerprint density at radius 3 is 2.70 bits per heavy atom. The van der Waals surface area contributed by atoms with E-state index in [0.29, 0.717) is 24.7 Å². The van der Waals surface area contributed by atoms with E-state index >= 15 is 0 Å². The third-order valence-electron chi connectivity index (χ3n) is 6.94. The van der Waals surface area contributed by atoms with E-state index in [1.165, 1.54) is 0 Å². The lowest BCUT2D eigenvalue weighted by atomic mass is 9.68. The van der Waals surface area contributed by atoms with Crippen molar-refractivity contribution in [2.24, 2.45) is 11.3 Å². The summed E-state index contributed by atoms with van der Waals surface area (Å²) in [6.45, 7) is 5.93. The summed E-state index contributed by atoms with van der Waals surface area (Å²) in [6.07, 6.45) is 8.03. The van der Waals surface area contributed by atoms with Crippen LogP contribution in [-0.4, -0.2) is 39.3 Å². The number of rotatable bonds is 5. The maximum Gasteiger partial charge on any atom is 0.317 e. The Labute approximate surface area is 199 Å². The van der Waals surface area contributed by atoms with Crippen molar-refractivity contribution >= 4 is 28.5 Å². The topological polar surface area (TPSA) is 81.2 Å². The van der Waals surface area contributed by atoms with Gasteiger partial charge in [-0.15, -0.1) is 6.42 Å². The highest BCUT2D eigenvalue weighted by molar-refractivity contribution is 6.31. The first-order chi connectivity index (χ1) is 15.8. The van der Waals surface area contributed by atoms with E-state index < -0.39 is 11.5 Å². The summed E-state index contributed by atoms with van der Waals surface area (Å²) < 4.78 is 0. The number of hydrogen-bond acceptors (Lipinski definition) is 3. The minimum Gasteiger partial charge on any atom is -0.388 e. The molecule has 2 amide bonds. The van der Waals surface area contributed by atoms with Crippen LogP contribution in [0.5, 0.6) is 0 Å². The molecule has 1 fully saturated rings. The average molecular weight is 465 g/mol. The van der Waals surface area contributed by atoms with Crippen LogP contribution in [0, 0.1) is 23.7 Å². The number of nitrogens with one attached hydrogen (secondary N) is 2. The lowest BCUT2D eigenvalue weighted by Crippen LogP contribution is -2.47. The molecule has 0 bridgehead atoms. The number of fused-ring (bicyclic) bond motifs is 1. The lowest BCUT2D eigenvalue weighted by Gasteiger charge is -2.43. The van der Waals surface area contributed by atoms with Gasteiger partial charge in [0, 0.05) is 41.2 Å². The van der Waals surface area contributed by atoms with Crippen LogP contribution in [0.2, 0.25) is 5.02 Å². The molecule has 0 saturated carbocycles. The minimum atomic E-state index is -0.712. The van der Waals surface area contributed by atoms with E-state index in [1.54, 1.807) is 6.20 Å². The quantitative estimate of drug-likeness (QED) is 0.471. The molecule has 33 heavy (non-hydrogen) atoms. The maximum atomic E-state index is 12.7. The Kier molecular flexibility index (Phi) is 6.64. The number of hydrogen-bond donors (Lipinski definition) is 3. The number of benzene rings is 2. The molecule has 4 rings (SSSR count). The second-order valence-electron chi connectivity index (χ2n) is 9.31. The number of amides is 2. The standard InChI is InChI=1S/C26H29ClN4O2/c1-4-17-5-7-18(8-6-17)15-28-25(33)31-11-9-20(10-12-31)26(2,3)24(32)22-14-21(27)13-19-16-29-30-23(19)22/h1,5-8,13-14,16,20,24,32H,9-12,15H2,2-3H3,(H,28,33)(H,29,30)/t24-/m1/s1. The molecular weight excluding hydrogens is 436 g/mol. The zero-order valence-electron chi connectivity index (χ0n) is 18.9. The molecule has 2 heterocycles. The lowest BCUT2D eigenvalue weighted by molar-refractivity contribution is -0.0143. The second-order valence-corrected chi connectivity index (χ2v) is 9.75. The number of likely N-dealkylation sites (tertiary alicyclic amines) is 1. The van der Waals surface area contributed by atoms with Gasteiger partial charge in [0.05, 0.1) is 17.8 Å². The van der Waals surface area contributed by atoms with Crippen LogP contribution in [0.25, 0.3) is 10.9 Å². The van der Waals surface area contributed by atoms with Gasteiger partial charge in [0.15, 0.2) is 0 Å². The average Bonchev–Trinajstić information content (AvgIpc) is 3.30. The normalized spacial score (nSPS) is 15.9. The zero-order valence-corrected chi connectivity index (χ0v) is 19.7. The Bertz CT molecular complexity index is 1170. The number of aromatic amines is 1. The van der Waals surface area contributed by atoms with Gasteiger partial charge in [0.25, 0.3) is 0 Å². The first kappa shape index (κ1) is 23.2. The first-order valence-corrected chi connectivity index (χ1v) is 11.6. The summed E-state index contributed by atoms with van der Waals surface area (Å²) in [6, 6.07) is 11.2. The van der Waals surface area contributed by atoms with Crippen LogP contribution >= 0.6 is 11.6 Å². The van der Waals surface area contributed by atoms with Gasteiger partial charge in [-0.1, -0.05) is 43.5 Å². The number of H-pyrrole nitrogens is 1. The Hall–Kier alpha value is -3.01. The van der Waals surface area contributed by atoms with Crippen LogP contribution in [0.4, 0.5) is 4.79 Å². The van der Waals surface area contributed by atoms with Gasteiger partial charge in [0.1, 0.15) is 0 Å². The van der Waals surface area contributed by atoms with Gasteiger partial charge < -0.3 is 15.3 Å². The van der Waals surface area contributed by atoms with Crippen LogP contribution in [0.3, 0.4) is 0 Å². The maximum absolute atomic E-state index is 12.7. The van der Waals surface area contributed by atoms with Gasteiger partial charge in [-0.3, -0.25) is 5.10 Å². The molecule has 1 aromatic heterocycles. The van der Waals surface area contributed by atoms with Gasteiger partial charge in [-0.25, -0.2) is 4.79 Å². The Morgan fingerprint density at radius 1 is 1.33 bits per heavy atom. The summed E-state index contributed by atoms with van der Waals surface area (Å²) in [5.41, 5.74) is 3.00. The summed E-state index contributed by atoms with van der Waals surface area (Å²) in [5, 5.41) is 22.9. The summed E-state index contributed by atoms with van der Waals surface area (Å²) in [4.78, 5) is 14.5. The van der Waals surface area contributed by atoms with E-state index in [0.717, 1.165) is 40.4 Å². The van der Waals surface area contributed by atoms with Crippen LogP contribution in [0.15, 0.2) is 42.6 Å². The molecule has 1 aliphatic heterocycles. The van der Waals surface area contributed by atoms with Crippen LogP contribution in [0.1, 0.15) is 49.5 Å². The van der Waals surface area contributed by atoms with E-state index in [-0.39, 0.29) is 11.9 Å². The molecule has 6 nitrogen and oxygen atoms in total. The zero-order chi connectivity index (χ0) is 23.6. The SMILES string of the molecule is C#Cc1ccc(CNC(=O)N2CCC(C(C)(C)[C@H](O)c3cc(Cl)cc4cn[nH]c34)CC2)cc1. The summed E-state index contributed by atoms with van der Waals surface area (Å²) >= 11 is 6.29. The van der Waals surface area contributed by atoms with Crippen molar-refractivity contribution in [3.05, 3.63) is 64.3 Å².